The molecule has 0 unspecified atom stereocenters. The molecule has 0 radical (unpaired) electrons. The predicted octanol–water partition coefficient (Wildman–Crippen LogP) is 3.70. The lowest BCUT2D eigenvalue weighted by Crippen LogP contribution is -2.00. The smallest absolute Gasteiger partial charge is 0.469 e. The summed E-state index contributed by atoms with van der Waals surface area (Å²) < 4.78 is 28.1. The number of hydrogen-bond donors (Lipinski definition) is 2. The van der Waals surface area contributed by atoms with Crippen molar-refractivity contribution in [3.05, 3.63) is 36.4 Å². The zero-order valence-electron chi connectivity index (χ0n) is 14.7. The number of benzene rings is 2. The van der Waals surface area contributed by atoms with Crippen molar-refractivity contribution in [2.75, 3.05) is 20.8 Å². The van der Waals surface area contributed by atoms with Gasteiger partial charge in [-0.3, -0.25) is 4.52 Å². The van der Waals surface area contributed by atoms with E-state index in [0.717, 1.165) is 39.7 Å². The van der Waals surface area contributed by atoms with E-state index >= 15 is 0 Å². The lowest BCUT2D eigenvalue weighted by Gasteiger charge is -2.09. The first kappa shape index (κ1) is 18.7. The van der Waals surface area contributed by atoms with Crippen LogP contribution in [0.4, 0.5) is 0 Å². The maximum absolute atomic E-state index is 10.7. The minimum atomic E-state index is -4.40. The van der Waals surface area contributed by atoms with Crippen molar-refractivity contribution in [1.29, 1.82) is 0 Å². The fourth-order valence-electron chi connectivity index (χ4n) is 3.11. The van der Waals surface area contributed by atoms with Crippen molar-refractivity contribution in [3.8, 4) is 11.5 Å². The van der Waals surface area contributed by atoms with Crippen LogP contribution in [0.15, 0.2) is 36.4 Å². The molecule has 0 bridgehead atoms. The summed E-state index contributed by atoms with van der Waals surface area (Å²) >= 11 is 0. The van der Waals surface area contributed by atoms with Gasteiger partial charge in [0.1, 0.15) is 11.5 Å². The molecule has 0 spiro atoms. The third-order valence-corrected chi connectivity index (χ3v) is 4.83. The molecule has 0 amide bonds. The zero-order valence-corrected chi connectivity index (χ0v) is 15.6. The first-order valence-electron chi connectivity index (χ1n) is 8.27. The van der Waals surface area contributed by atoms with Crippen molar-refractivity contribution in [1.82, 2.24) is 4.57 Å². The van der Waals surface area contributed by atoms with Gasteiger partial charge in [0, 0.05) is 28.4 Å². The molecule has 0 saturated carbocycles. The van der Waals surface area contributed by atoms with Gasteiger partial charge >= 0.3 is 7.82 Å². The Morgan fingerprint density at radius 2 is 1.46 bits per heavy atom. The molecular formula is C18H22NO6P. The summed E-state index contributed by atoms with van der Waals surface area (Å²) in [4.78, 5) is 17.5. The number of phosphoric acid groups is 1. The molecule has 0 aliphatic rings. The van der Waals surface area contributed by atoms with E-state index in [4.69, 9.17) is 19.3 Å². The minimum Gasteiger partial charge on any atom is -0.497 e. The van der Waals surface area contributed by atoms with E-state index in [9.17, 15) is 4.57 Å². The van der Waals surface area contributed by atoms with Crippen LogP contribution in [0.2, 0.25) is 0 Å². The fraction of sp³-hybridized carbons (Fsp3) is 0.333. The molecule has 2 aromatic carbocycles. The Morgan fingerprint density at radius 3 is 1.92 bits per heavy atom. The van der Waals surface area contributed by atoms with Gasteiger partial charge in [-0.15, -0.1) is 0 Å². The molecule has 26 heavy (non-hydrogen) atoms. The summed E-state index contributed by atoms with van der Waals surface area (Å²) in [7, 11) is -1.12. The molecule has 7 nitrogen and oxygen atoms in total. The molecule has 3 aromatic rings. The van der Waals surface area contributed by atoms with Crippen LogP contribution in [-0.4, -0.2) is 35.2 Å². The number of aromatic nitrogens is 1. The van der Waals surface area contributed by atoms with E-state index in [-0.39, 0.29) is 6.61 Å². The van der Waals surface area contributed by atoms with Crippen LogP contribution in [0, 0.1) is 0 Å². The summed E-state index contributed by atoms with van der Waals surface area (Å²) in [6.07, 6.45) is 1.29. The van der Waals surface area contributed by atoms with Gasteiger partial charge in [0.25, 0.3) is 0 Å². The topological polar surface area (TPSA) is 90.2 Å². The van der Waals surface area contributed by atoms with E-state index in [1.54, 1.807) is 14.2 Å². The Hall–Kier alpha value is -2.05. The lowest BCUT2D eigenvalue weighted by molar-refractivity contribution is 0.193. The Balaban J connectivity index is 1.91. The van der Waals surface area contributed by atoms with Crippen LogP contribution < -0.4 is 9.47 Å². The van der Waals surface area contributed by atoms with Gasteiger partial charge in [0.05, 0.1) is 20.8 Å². The predicted molar refractivity (Wildman–Crippen MR) is 99.8 cm³/mol. The summed E-state index contributed by atoms with van der Waals surface area (Å²) in [5.74, 6) is 1.57. The molecule has 2 N–H and O–H groups in total. The average Bonchev–Trinajstić information content (AvgIpc) is 2.93. The zero-order chi connectivity index (χ0) is 18.7. The van der Waals surface area contributed by atoms with Crippen LogP contribution in [0.1, 0.15) is 12.8 Å². The Morgan fingerprint density at radius 1 is 0.923 bits per heavy atom. The van der Waals surface area contributed by atoms with E-state index in [1.807, 2.05) is 36.4 Å². The monoisotopic (exact) mass is 379 g/mol. The van der Waals surface area contributed by atoms with Gasteiger partial charge in [-0.2, -0.15) is 0 Å². The normalized spacial score (nSPS) is 12.0. The second-order valence-electron chi connectivity index (χ2n) is 5.95. The average molecular weight is 379 g/mol. The SMILES string of the molecule is COc1ccc2c(c1)c1cc(OC)ccc1n2CCCCOP(=O)(O)O. The van der Waals surface area contributed by atoms with Crippen molar-refractivity contribution in [2.24, 2.45) is 0 Å². The third kappa shape index (κ3) is 4.02. The molecule has 0 aliphatic heterocycles. The highest BCUT2D eigenvalue weighted by molar-refractivity contribution is 7.46. The number of rotatable bonds is 8. The highest BCUT2D eigenvalue weighted by atomic mass is 31.2. The Bertz CT molecular complexity index is 900. The Kier molecular flexibility index (Phi) is 5.53. The van der Waals surface area contributed by atoms with Crippen molar-refractivity contribution < 1.29 is 28.3 Å². The first-order valence-corrected chi connectivity index (χ1v) is 9.80. The number of phosphoric ester groups is 1. The Labute approximate surface area is 151 Å². The number of aryl methyl sites for hydroxylation is 1. The number of unbranched alkanes of at least 4 members (excludes halogenated alkanes) is 1. The second kappa shape index (κ2) is 7.68. The van der Waals surface area contributed by atoms with Crippen LogP contribution in [0.25, 0.3) is 21.8 Å². The number of ether oxygens (including phenoxy) is 2. The standard InChI is InChI=1S/C18H22NO6P/c1-23-13-5-7-17-15(11-13)16-12-14(24-2)6-8-18(16)19(17)9-3-4-10-25-26(20,21)22/h5-8,11-12H,3-4,9-10H2,1-2H3,(H2,20,21,22). The lowest BCUT2D eigenvalue weighted by atomic mass is 10.1. The van der Waals surface area contributed by atoms with E-state index in [1.165, 1.54) is 0 Å². The minimum absolute atomic E-state index is 0.0308. The molecule has 1 aromatic heterocycles. The van der Waals surface area contributed by atoms with E-state index in [0.29, 0.717) is 13.0 Å². The molecule has 3 rings (SSSR count). The molecule has 0 atom stereocenters. The van der Waals surface area contributed by atoms with Crippen molar-refractivity contribution >= 4 is 29.6 Å². The van der Waals surface area contributed by atoms with E-state index in [2.05, 4.69) is 9.09 Å². The molecule has 8 heteroatoms. The van der Waals surface area contributed by atoms with Crippen molar-refractivity contribution in [2.45, 2.75) is 19.4 Å². The molecule has 0 fully saturated rings. The van der Waals surface area contributed by atoms with Crippen LogP contribution in [0.5, 0.6) is 11.5 Å². The summed E-state index contributed by atoms with van der Waals surface area (Å²) in [5, 5.41) is 2.15. The number of nitrogens with zero attached hydrogens (tertiary/aromatic N) is 1. The maximum atomic E-state index is 10.7. The number of methoxy groups -OCH3 is 2. The third-order valence-electron chi connectivity index (χ3n) is 4.31. The van der Waals surface area contributed by atoms with E-state index < -0.39 is 7.82 Å². The van der Waals surface area contributed by atoms with Gasteiger partial charge in [-0.05, 0) is 49.2 Å². The largest absolute Gasteiger partial charge is 0.497 e. The highest BCUT2D eigenvalue weighted by Crippen LogP contribution is 2.36. The summed E-state index contributed by atoms with van der Waals surface area (Å²) in [6.45, 7) is 0.742. The molecule has 1 heterocycles. The number of hydrogen-bond acceptors (Lipinski definition) is 4. The van der Waals surface area contributed by atoms with Crippen LogP contribution in [0.3, 0.4) is 0 Å². The van der Waals surface area contributed by atoms with Gasteiger partial charge in [0.15, 0.2) is 0 Å². The molecular weight excluding hydrogens is 357 g/mol. The van der Waals surface area contributed by atoms with Gasteiger partial charge < -0.3 is 23.8 Å². The summed E-state index contributed by atoms with van der Waals surface area (Å²) in [5.41, 5.74) is 2.15. The van der Waals surface area contributed by atoms with Gasteiger partial charge in [-0.1, -0.05) is 0 Å². The fourth-order valence-corrected chi connectivity index (χ4v) is 3.48. The molecule has 0 saturated heterocycles. The van der Waals surface area contributed by atoms with Crippen LogP contribution in [-0.2, 0) is 15.6 Å². The second-order valence-corrected chi connectivity index (χ2v) is 7.19. The van der Waals surface area contributed by atoms with Gasteiger partial charge in [-0.25, -0.2) is 4.57 Å². The van der Waals surface area contributed by atoms with Gasteiger partial charge in [0.2, 0.25) is 0 Å². The summed E-state index contributed by atoms with van der Waals surface area (Å²) in [6, 6.07) is 11.9. The highest BCUT2D eigenvalue weighted by Gasteiger charge is 2.14. The first-order chi connectivity index (χ1) is 12.4. The van der Waals surface area contributed by atoms with Crippen molar-refractivity contribution in [3.63, 3.8) is 0 Å². The number of fused-ring (bicyclic) bond motifs is 3. The quantitative estimate of drug-likeness (QED) is 0.458. The molecule has 0 aliphatic carbocycles. The maximum Gasteiger partial charge on any atom is 0.469 e. The van der Waals surface area contributed by atoms with Crippen LogP contribution >= 0.6 is 7.82 Å². The molecule has 140 valence electrons.